The number of carbonyl (C=O) groups excluding carboxylic acids is 1. The lowest BCUT2D eigenvalue weighted by molar-refractivity contribution is -0.136. The summed E-state index contributed by atoms with van der Waals surface area (Å²) in [6, 6.07) is 9.50. The fraction of sp³-hybridized carbons (Fsp3) is 0.579. The zero-order valence-electron chi connectivity index (χ0n) is 15.3. The fourth-order valence-electron chi connectivity index (χ4n) is 4.37. The first-order chi connectivity index (χ1) is 12.5. The summed E-state index contributed by atoms with van der Waals surface area (Å²) in [4.78, 5) is 16.7. The van der Waals surface area contributed by atoms with E-state index in [1.165, 1.54) is 4.80 Å². The number of benzene rings is 1. The monoisotopic (exact) mass is 354 g/mol. The summed E-state index contributed by atoms with van der Waals surface area (Å²) in [5, 5.41) is 12.9. The van der Waals surface area contributed by atoms with Gasteiger partial charge in [0.15, 0.2) is 6.04 Å². The first kappa shape index (κ1) is 17.1. The number of nitrogens with two attached hydrogens (primary N) is 1. The van der Waals surface area contributed by atoms with Gasteiger partial charge in [0.2, 0.25) is 11.7 Å². The fourth-order valence-corrected chi connectivity index (χ4v) is 4.37. The molecule has 1 saturated heterocycles. The highest BCUT2D eigenvalue weighted by Gasteiger charge is 2.44. The van der Waals surface area contributed by atoms with Crippen molar-refractivity contribution in [2.75, 3.05) is 13.1 Å². The first-order valence-electron chi connectivity index (χ1n) is 9.44. The minimum atomic E-state index is -0.435. The summed E-state index contributed by atoms with van der Waals surface area (Å²) in [5.41, 5.74) is 7.12. The van der Waals surface area contributed by atoms with Crippen LogP contribution in [0.4, 0.5) is 0 Å². The molecule has 1 aliphatic carbocycles. The Kier molecular flexibility index (Phi) is 4.48. The van der Waals surface area contributed by atoms with Gasteiger partial charge in [-0.25, -0.2) is 0 Å². The minimum Gasteiger partial charge on any atom is -0.340 e. The topological polar surface area (TPSA) is 89.9 Å². The van der Waals surface area contributed by atoms with Gasteiger partial charge in [0.1, 0.15) is 0 Å². The van der Waals surface area contributed by atoms with Crippen molar-refractivity contribution < 1.29 is 4.79 Å². The zero-order chi connectivity index (χ0) is 18.3. The lowest BCUT2D eigenvalue weighted by Crippen LogP contribution is -2.40. The van der Waals surface area contributed by atoms with E-state index in [0.29, 0.717) is 17.7 Å². The van der Waals surface area contributed by atoms with Crippen molar-refractivity contribution >= 4 is 5.91 Å². The van der Waals surface area contributed by atoms with Crippen LogP contribution in [0.5, 0.6) is 0 Å². The second-order valence-electron chi connectivity index (χ2n) is 7.90. The third kappa shape index (κ3) is 3.00. The van der Waals surface area contributed by atoms with Crippen LogP contribution >= 0.6 is 0 Å². The van der Waals surface area contributed by atoms with Gasteiger partial charge in [-0.1, -0.05) is 44.2 Å². The number of tetrazole rings is 1. The second kappa shape index (κ2) is 6.79. The molecule has 26 heavy (non-hydrogen) atoms. The van der Waals surface area contributed by atoms with Gasteiger partial charge in [-0.15, -0.1) is 10.2 Å². The van der Waals surface area contributed by atoms with Crippen molar-refractivity contribution in [1.29, 1.82) is 0 Å². The molecule has 2 fully saturated rings. The highest BCUT2D eigenvalue weighted by atomic mass is 16.2. The van der Waals surface area contributed by atoms with Crippen molar-refractivity contribution in [2.24, 2.45) is 23.5 Å². The van der Waals surface area contributed by atoms with Gasteiger partial charge in [-0.2, -0.15) is 4.80 Å². The lowest BCUT2D eigenvalue weighted by Gasteiger charge is -2.26. The van der Waals surface area contributed by atoms with Crippen LogP contribution in [-0.4, -0.2) is 50.1 Å². The van der Waals surface area contributed by atoms with E-state index in [2.05, 4.69) is 15.4 Å². The number of carbonyl (C=O) groups is 1. The van der Waals surface area contributed by atoms with Crippen molar-refractivity contribution in [3.8, 4) is 11.4 Å². The minimum absolute atomic E-state index is 0.0782. The van der Waals surface area contributed by atoms with E-state index in [0.717, 1.165) is 31.5 Å². The van der Waals surface area contributed by atoms with Crippen molar-refractivity contribution in [3.63, 3.8) is 0 Å². The Morgan fingerprint density at radius 2 is 1.96 bits per heavy atom. The Labute approximate surface area is 153 Å². The molecule has 1 aliphatic heterocycles. The van der Waals surface area contributed by atoms with Crippen LogP contribution in [-0.2, 0) is 4.79 Å². The van der Waals surface area contributed by atoms with E-state index in [1.54, 1.807) is 0 Å². The molecule has 0 radical (unpaired) electrons. The molecule has 1 amide bonds. The van der Waals surface area contributed by atoms with Gasteiger partial charge < -0.3 is 10.6 Å². The molecule has 2 N–H and O–H groups in total. The maximum Gasteiger partial charge on any atom is 0.249 e. The molecule has 7 nitrogen and oxygen atoms in total. The number of likely N-dealkylation sites (tertiary alicyclic amines) is 1. The predicted molar refractivity (Wildman–Crippen MR) is 97.9 cm³/mol. The van der Waals surface area contributed by atoms with E-state index in [-0.39, 0.29) is 17.9 Å². The van der Waals surface area contributed by atoms with Crippen LogP contribution in [0.1, 0.15) is 32.7 Å². The number of hydrogen-bond acceptors (Lipinski definition) is 5. The van der Waals surface area contributed by atoms with Crippen LogP contribution < -0.4 is 5.73 Å². The summed E-state index contributed by atoms with van der Waals surface area (Å²) < 4.78 is 0. The summed E-state index contributed by atoms with van der Waals surface area (Å²) in [6.07, 6.45) is 2.21. The maximum atomic E-state index is 13.2. The van der Waals surface area contributed by atoms with Crippen molar-refractivity contribution in [3.05, 3.63) is 30.3 Å². The molecule has 0 spiro atoms. The summed E-state index contributed by atoms with van der Waals surface area (Å²) in [5.74, 6) is 1.69. The van der Waals surface area contributed by atoms with Gasteiger partial charge >= 0.3 is 0 Å². The molecule has 2 heterocycles. The standard InChI is InChI=1S/C19H26N6O/c1-12(2)17(19(26)24-10-14-8-9-16(20)15(14)11-24)25-22-18(21-23-25)13-6-4-3-5-7-13/h3-7,12,14-17H,8-11,20H2,1-2H3. The molecule has 4 rings (SSSR count). The van der Waals surface area contributed by atoms with E-state index in [1.807, 2.05) is 49.1 Å². The van der Waals surface area contributed by atoms with E-state index >= 15 is 0 Å². The Balaban J connectivity index is 1.55. The van der Waals surface area contributed by atoms with Gasteiger partial charge in [0.05, 0.1) is 0 Å². The summed E-state index contributed by atoms with van der Waals surface area (Å²) in [6.45, 7) is 5.61. The molecule has 1 aromatic carbocycles. The molecule has 7 heteroatoms. The average Bonchev–Trinajstić information content (AvgIpc) is 3.34. The number of nitrogens with zero attached hydrogens (tertiary/aromatic N) is 5. The number of aromatic nitrogens is 4. The number of amides is 1. The van der Waals surface area contributed by atoms with Crippen LogP contribution in [0, 0.1) is 17.8 Å². The molecule has 138 valence electrons. The number of rotatable bonds is 4. The normalized spacial score (nSPS) is 26.3. The molecule has 2 aromatic rings. The Morgan fingerprint density at radius 1 is 1.19 bits per heavy atom. The first-order valence-corrected chi connectivity index (χ1v) is 9.44. The predicted octanol–water partition coefficient (Wildman–Crippen LogP) is 1.73. The molecule has 4 unspecified atom stereocenters. The molecule has 1 saturated carbocycles. The highest BCUT2D eigenvalue weighted by Crippen LogP contribution is 2.38. The Hall–Kier alpha value is -2.28. The summed E-state index contributed by atoms with van der Waals surface area (Å²) in [7, 11) is 0. The molecular formula is C19H26N6O. The largest absolute Gasteiger partial charge is 0.340 e. The van der Waals surface area contributed by atoms with E-state index in [9.17, 15) is 4.79 Å². The Bertz CT molecular complexity index is 773. The van der Waals surface area contributed by atoms with Crippen LogP contribution in [0.25, 0.3) is 11.4 Å². The second-order valence-corrected chi connectivity index (χ2v) is 7.90. The van der Waals surface area contributed by atoms with Crippen molar-refractivity contribution in [1.82, 2.24) is 25.1 Å². The van der Waals surface area contributed by atoms with Crippen LogP contribution in [0.3, 0.4) is 0 Å². The smallest absolute Gasteiger partial charge is 0.249 e. The number of fused-ring (bicyclic) bond motifs is 1. The van der Waals surface area contributed by atoms with Gasteiger partial charge in [-0.05, 0) is 35.8 Å². The highest BCUT2D eigenvalue weighted by molar-refractivity contribution is 5.81. The Morgan fingerprint density at radius 3 is 2.65 bits per heavy atom. The van der Waals surface area contributed by atoms with Gasteiger partial charge in [0, 0.05) is 24.7 Å². The van der Waals surface area contributed by atoms with E-state index in [4.69, 9.17) is 5.73 Å². The van der Waals surface area contributed by atoms with Crippen LogP contribution in [0.2, 0.25) is 0 Å². The van der Waals surface area contributed by atoms with Gasteiger partial charge in [0.25, 0.3) is 0 Å². The SMILES string of the molecule is CC(C)C(C(=O)N1CC2CCC(N)C2C1)n1nnc(-c2ccccc2)n1. The summed E-state index contributed by atoms with van der Waals surface area (Å²) >= 11 is 0. The lowest BCUT2D eigenvalue weighted by atomic mass is 9.98. The van der Waals surface area contributed by atoms with Crippen LogP contribution in [0.15, 0.2) is 30.3 Å². The molecule has 2 aliphatic rings. The number of hydrogen-bond donors (Lipinski definition) is 1. The zero-order valence-corrected chi connectivity index (χ0v) is 15.3. The molecular weight excluding hydrogens is 328 g/mol. The average molecular weight is 354 g/mol. The van der Waals surface area contributed by atoms with Gasteiger partial charge in [-0.3, -0.25) is 4.79 Å². The quantitative estimate of drug-likeness (QED) is 0.903. The maximum absolute atomic E-state index is 13.2. The molecule has 1 aromatic heterocycles. The van der Waals surface area contributed by atoms with Crippen molar-refractivity contribution in [2.45, 2.75) is 38.8 Å². The van der Waals surface area contributed by atoms with E-state index < -0.39 is 6.04 Å². The third-order valence-electron chi connectivity index (χ3n) is 5.82. The molecule has 4 atom stereocenters. The molecule has 0 bridgehead atoms. The third-order valence-corrected chi connectivity index (χ3v) is 5.82.